The van der Waals surface area contributed by atoms with Crippen molar-refractivity contribution in [1.82, 2.24) is 10.1 Å². The molecule has 1 aromatic heterocycles. The van der Waals surface area contributed by atoms with Crippen molar-refractivity contribution in [2.45, 2.75) is 20.8 Å². The normalized spacial score (nSPS) is 10.5. The Hall–Kier alpha value is -4.46. The lowest BCUT2D eigenvalue weighted by molar-refractivity contribution is -0.115. The number of hydrogen-bond donors (Lipinski definition) is 2. The number of carbonyl (C=O) groups excluding carboxylic acids is 2. The fourth-order valence-corrected chi connectivity index (χ4v) is 3.16. The van der Waals surface area contributed by atoms with Crippen LogP contribution in [0.2, 0.25) is 0 Å². The van der Waals surface area contributed by atoms with Gasteiger partial charge in [-0.3, -0.25) is 9.59 Å². The number of aryl methyl sites for hydroxylation is 1. The molecule has 3 aromatic carbocycles. The minimum absolute atomic E-state index is 0.126. The van der Waals surface area contributed by atoms with Crippen molar-refractivity contribution >= 4 is 23.2 Å². The van der Waals surface area contributed by atoms with Gasteiger partial charge in [0.05, 0.1) is 0 Å². The Morgan fingerprint density at radius 3 is 2.06 bits per heavy atom. The Morgan fingerprint density at radius 1 is 0.818 bits per heavy atom. The third kappa shape index (κ3) is 5.43. The Bertz CT molecular complexity index is 1290. The molecule has 1 heterocycles. The van der Waals surface area contributed by atoms with Crippen molar-refractivity contribution in [3.05, 3.63) is 72.3 Å². The zero-order chi connectivity index (χ0) is 23.4. The van der Waals surface area contributed by atoms with Crippen molar-refractivity contribution in [1.29, 1.82) is 0 Å². The molecule has 33 heavy (non-hydrogen) atoms. The molecular weight excluding hydrogens is 420 g/mol. The third-order valence-electron chi connectivity index (χ3n) is 4.74. The van der Waals surface area contributed by atoms with Crippen molar-refractivity contribution < 1.29 is 18.8 Å². The van der Waals surface area contributed by atoms with Gasteiger partial charge in [0.15, 0.2) is 0 Å². The molecule has 8 heteroatoms. The van der Waals surface area contributed by atoms with Crippen molar-refractivity contribution in [2.24, 2.45) is 0 Å². The monoisotopic (exact) mass is 442 g/mol. The number of nitrogens with one attached hydrogen (secondary N) is 2. The number of aromatic nitrogens is 2. The van der Waals surface area contributed by atoms with Crippen LogP contribution < -0.4 is 15.4 Å². The van der Waals surface area contributed by atoms with Gasteiger partial charge in [-0.1, -0.05) is 11.2 Å². The molecule has 0 atom stereocenters. The van der Waals surface area contributed by atoms with Crippen LogP contribution in [0.1, 0.15) is 19.4 Å². The van der Waals surface area contributed by atoms with E-state index in [1.807, 2.05) is 49.4 Å². The summed E-state index contributed by atoms with van der Waals surface area (Å²) in [5, 5.41) is 9.59. The van der Waals surface area contributed by atoms with E-state index in [2.05, 4.69) is 20.8 Å². The number of ether oxygens (including phenoxy) is 1. The van der Waals surface area contributed by atoms with E-state index in [1.165, 1.54) is 13.8 Å². The molecule has 0 radical (unpaired) electrons. The van der Waals surface area contributed by atoms with Crippen LogP contribution in [0, 0.1) is 6.92 Å². The maximum Gasteiger partial charge on any atom is 0.258 e. The van der Waals surface area contributed by atoms with Gasteiger partial charge in [-0.25, -0.2) is 0 Å². The first-order chi connectivity index (χ1) is 15.9. The van der Waals surface area contributed by atoms with Gasteiger partial charge in [-0.2, -0.15) is 4.98 Å². The Kier molecular flexibility index (Phi) is 6.17. The molecular formula is C25H22N4O4. The summed E-state index contributed by atoms with van der Waals surface area (Å²) in [6.45, 7) is 4.84. The topological polar surface area (TPSA) is 106 Å². The first-order valence-corrected chi connectivity index (χ1v) is 10.3. The van der Waals surface area contributed by atoms with Crippen molar-refractivity contribution in [3.63, 3.8) is 0 Å². The van der Waals surface area contributed by atoms with E-state index in [9.17, 15) is 9.59 Å². The molecule has 2 N–H and O–H groups in total. The highest BCUT2D eigenvalue weighted by Crippen LogP contribution is 2.28. The van der Waals surface area contributed by atoms with E-state index in [-0.39, 0.29) is 11.8 Å². The van der Waals surface area contributed by atoms with Crippen LogP contribution >= 0.6 is 0 Å². The number of carbonyl (C=O) groups is 2. The lowest BCUT2D eigenvalue weighted by atomic mass is 10.1. The van der Waals surface area contributed by atoms with Gasteiger partial charge >= 0.3 is 0 Å². The quantitative estimate of drug-likeness (QED) is 0.413. The van der Waals surface area contributed by atoms with Crippen molar-refractivity contribution in [3.8, 4) is 34.3 Å². The minimum Gasteiger partial charge on any atom is -0.457 e. The molecule has 0 aliphatic heterocycles. The van der Waals surface area contributed by atoms with Crippen LogP contribution in [-0.2, 0) is 9.59 Å². The predicted octanol–water partition coefficient (Wildman–Crippen LogP) is 5.42. The zero-order valence-electron chi connectivity index (χ0n) is 18.4. The van der Waals surface area contributed by atoms with Gasteiger partial charge in [0, 0.05) is 36.3 Å². The molecule has 8 nitrogen and oxygen atoms in total. The van der Waals surface area contributed by atoms with Gasteiger partial charge in [-0.15, -0.1) is 0 Å². The summed E-state index contributed by atoms with van der Waals surface area (Å²) >= 11 is 0. The molecule has 4 aromatic rings. The van der Waals surface area contributed by atoms with E-state index < -0.39 is 0 Å². The summed E-state index contributed by atoms with van der Waals surface area (Å²) in [6.07, 6.45) is 0. The summed E-state index contributed by atoms with van der Waals surface area (Å²) in [4.78, 5) is 27.0. The lowest BCUT2D eigenvalue weighted by Crippen LogP contribution is -2.07. The molecule has 0 saturated heterocycles. The number of hydrogen-bond acceptors (Lipinski definition) is 6. The van der Waals surface area contributed by atoms with Crippen LogP contribution in [0.25, 0.3) is 22.8 Å². The molecule has 0 saturated carbocycles. The second-order valence-electron chi connectivity index (χ2n) is 7.47. The lowest BCUT2D eigenvalue weighted by Gasteiger charge is -2.07. The second-order valence-corrected chi connectivity index (χ2v) is 7.47. The fraction of sp³-hybridized carbons (Fsp3) is 0.120. The number of anilines is 2. The third-order valence-corrected chi connectivity index (χ3v) is 4.74. The van der Waals surface area contributed by atoms with Crippen LogP contribution in [0.15, 0.2) is 71.3 Å². The van der Waals surface area contributed by atoms with E-state index >= 15 is 0 Å². The average Bonchev–Trinajstić information content (AvgIpc) is 3.27. The summed E-state index contributed by atoms with van der Waals surface area (Å²) in [6, 6.07) is 20.0. The first kappa shape index (κ1) is 21.8. The Balaban J connectivity index is 1.47. The SMILES string of the molecule is CC(=O)Nc1ccc(Oc2ccc(-c3noc(-c4ccc(C)c(NC(C)=O)c4)n3)cc2)cc1. The highest BCUT2D eigenvalue weighted by molar-refractivity contribution is 5.90. The van der Waals surface area contributed by atoms with Crippen LogP contribution in [0.5, 0.6) is 11.5 Å². The predicted molar refractivity (Wildman–Crippen MR) is 125 cm³/mol. The number of amides is 2. The Labute approximate surface area is 190 Å². The molecule has 0 aliphatic carbocycles. The van der Waals surface area contributed by atoms with E-state index in [0.717, 1.165) is 11.1 Å². The van der Waals surface area contributed by atoms with E-state index in [0.29, 0.717) is 40.2 Å². The maximum absolute atomic E-state index is 11.4. The average molecular weight is 442 g/mol. The van der Waals surface area contributed by atoms with Crippen molar-refractivity contribution in [2.75, 3.05) is 10.6 Å². The molecule has 0 fully saturated rings. The smallest absolute Gasteiger partial charge is 0.258 e. The summed E-state index contributed by atoms with van der Waals surface area (Å²) in [5.41, 5.74) is 3.83. The Morgan fingerprint density at radius 2 is 1.42 bits per heavy atom. The van der Waals surface area contributed by atoms with E-state index in [4.69, 9.17) is 9.26 Å². The number of nitrogens with zero attached hydrogens (tertiary/aromatic N) is 2. The molecule has 0 bridgehead atoms. The largest absolute Gasteiger partial charge is 0.457 e. The van der Waals surface area contributed by atoms with Gasteiger partial charge < -0.3 is 19.9 Å². The van der Waals surface area contributed by atoms with E-state index in [1.54, 1.807) is 24.3 Å². The van der Waals surface area contributed by atoms with Gasteiger partial charge in [0.1, 0.15) is 11.5 Å². The number of rotatable bonds is 6. The van der Waals surface area contributed by atoms with Crippen LogP contribution in [0.3, 0.4) is 0 Å². The molecule has 0 unspecified atom stereocenters. The molecule has 4 rings (SSSR count). The summed E-state index contributed by atoms with van der Waals surface area (Å²) < 4.78 is 11.3. The van der Waals surface area contributed by atoms with Crippen LogP contribution in [-0.4, -0.2) is 22.0 Å². The van der Waals surface area contributed by atoms with Gasteiger partial charge in [-0.05, 0) is 73.2 Å². The highest BCUT2D eigenvalue weighted by Gasteiger charge is 2.13. The number of benzene rings is 3. The summed E-state index contributed by atoms with van der Waals surface area (Å²) in [5.74, 6) is 1.82. The molecule has 0 aliphatic rings. The summed E-state index contributed by atoms with van der Waals surface area (Å²) in [7, 11) is 0. The minimum atomic E-state index is -0.146. The highest BCUT2D eigenvalue weighted by atomic mass is 16.5. The van der Waals surface area contributed by atoms with Crippen LogP contribution in [0.4, 0.5) is 11.4 Å². The second kappa shape index (κ2) is 9.35. The first-order valence-electron chi connectivity index (χ1n) is 10.3. The maximum atomic E-state index is 11.4. The molecule has 166 valence electrons. The molecule has 2 amide bonds. The van der Waals surface area contributed by atoms with Gasteiger partial charge in [0.2, 0.25) is 17.6 Å². The molecule has 0 spiro atoms. The standard InChI is InChI=1S/C25H22N4O4/c1-15-4-5-19(14-23(15)27-17(3)31)25-28-24(29-33-25)18-6-10-21(11-7-18)32-22-12-8-20(9-13-22)26-16(2)30/h4-14H,1-3H3,(H,26,30)(H,27,31). The van der Waals surface area contributed by atoms with Gasteiger partial charge in [0.25, 0.3) is 5.89 Å². The zero-order valence-corrected chi connectivity index (χ0v) is 18.4. The fourth-order valence-electron chi connectivity index (χ4n) is 3.16.